The maximum Gasteiger partial charge on any atom is 0.191 e. The molecule has 2 heteroatoms. The van der Waals surface area contributed by atoms with Crippen molar-refractivity contribution in [2.24, 2.45) is 0 Å². The summed E-state index contributed by atoms with van der Waals surface area (Å²) < 4.78 is 6.09. The monoisotopic (exact) mass is 276 g/mol. The van der Waals surface area contributed by atoms with Gasteiger partial charge in [-0.2, -0.15) is 0 Å². The highest BCUT2D eigenvalue weighted by Crippen LogP contribution is 2.29. The van der Waals surface area contributed by atoms with Gasteiger partial charge in [0.25, 0.3) is 0 Å². The van der Waals surface area contributed by atoms with E-state index in [9.17, 15) is 4.79 Å². The molecular weight excluding hydrogens is 260 g/mol. The molecule has 1 aromatic heterocycles. The Labute approximate surface area is 123 Å². The first-order chi connectivity index (χ1) is 10.2. The molecule has 0 spiro atoms. The first-order valence-corrected chi connectivity index (χ1v) is 6.93. The van der Waals surface area contributed by atoms with Crippen molar-refractivity contribution >= 4 is 0 Å². The van der Waals surface area contributed by atoms with Crippen molar-refractivity contribution in [2.45, 2.75) is 13.8 Å². The van der Waals surface area contributed by atoms with Crippen LogP contribution in [0.2, 0.25) is 0 Å². The Morgan fingerprint density at radius 1 is 0.667 bits per heavy atom. The third-order valence-electron chi connectivity index (χ3n) is 3.64. The zero-order valence-corrected chi connectivity index (χ0v) is 12.1. The lowest BCUT2D eigenvalue weighted by Gasteiger charge is -2.11. The molecule has 0 radical (unpaired) electrons. The average Bonchev–Trinajstić information content (AvgIpc) is 2.55. The second-order valence-electron chi connectivity index (χ2n) is 5.07. The largest absolute Gasteiger partial charge is 0.455 e. The van der Waals surface area contributed by atoms with Crippen LogP contribution in [0, 0.1) is 13.8 Å². The Kier molecular flexibility index (Phi) is 3.44. The van der Waals surface area contributed by atoms with Gasteiger partial charge in [-0.15, -0.1) is 0 Å². The lowest BCUT2D eigenvalue weighted by Crippen LogP contribution is -2.11. The van der Waals surface area contributed by atoms with E-state index in [4.69, 9.17) is 4.42 Å². The van der Waals surface area contributed by atoms with E-state index in [-0.39, 0.29) is 5.43 Å². The number of hydrogen-bond donors (Lipinski definition) is 0. The molecule has 104 valence electrons. The highest BCUT2D eigenvalue weighted by molar-refractivity contribution is 5.67. The van der Waals surface area contributed by atoms with Crippen molar-refractivity contribution in [3.05, 3.63) is 82.0 Å². The maximum atomic E-state index is 12.5. The third-order valence-corrected chi connectivity index (χ3v) is 3.64. The van der Waals surface area contributed by atoms with Gasteiger partial charge in [-0.25, -0.2) is 0 Å². The summed E-state index contributed by atoms with van der Waals surface area (Å²) in [5, 5.41) is 0. The van der Waals surface area contributed by atoms with E-state index in [1.807, 2.05) is 74.5 Å². The van der Waals surface area contributed by atoms with E-state index in [1.54, 1.807) is 0 Å². The van der Waals surface area contributed by atoms with E-state index in [1.165, 1.54) is 0 Å². The van der Waals surface area contributed by atoms with E-state index >= 15 is 0 Å². The van der Waals surface area contributed by atoms with E-state index in [0.29, 0.717) is 22.6 Å². The Hall–Kier alpha value is -2.61. The molecule has 0 unspecified atom stereocenters. The van der Waals surface area contributed by atoms with Gasteiger partial charge in [0, 0.05) is 22.3 Å². The smallest absolute Gasteiger partial charge is 0.191 e. The molecule has 3 rings (SSSR count). The third kappa shape index (κ3) is 2.40. The standard InChI is InChI=1S/C19H16O2/c1-13-17(20)14(2)19(16-11-7-4-8-12-16)21-18(13)15-9-5-3-6-10-15/h3-12H,1-2H3. The molecule has 0 atom stereocenters. The van der Waals surface area contributed by atoms with E-state index < -0.39 is 0 Å². The summed E-state index contributed by atoms with van der Waals surface area (Å²) in [6.45, 7) is 3.63. The van der Waals surface area contributed by atoms with Crippen LogP contribution >= 0.6 is 0 Å². The van der Waals surface area contributed by atoms with Crippen molar-refractivity contribution in [1.82, 2.24) is 0 Å². The second-order valence-corrected chi connectivity index (χ2v) is 5.07. The van der Waals surface area contributed by atoms with Crippen molar-refractivity contribution in [1.29, 1.82) is 0 Å². The molecule has 0 aliphatic carbocycles. The minimum absolute atomic E-state index is 0.0407. The predicted molar refractivity (Wildman–Crippen MR) is 85.3 cm³/mol. The van der Waals surface area contributed by atoms with Gasteiger partial charge in [-0.3, -0.25) is 4.79 Å². The summed E-state index contributed by atoms with van der Waals surface area (Å²) in [7, 11) is 0. The quantitative estimate of drug-likeness (QED) is 0.685. The van der Waals surface area contributed by atoms with Crippen molar-refractivity contribution < 1.29 is 4.42 Å². The summed E-state index contributed by atoms with van der Waals surface area (Å²) in [6.07, 6.45) is 0. The predicted octanol–water partition coefficient (Wildman–Crippen LogP) is 4.59. The van der Waals surface area contributed by atoms with Crippen LogP contribution in [0.4, 0.5) is 0 Å². The molecule has 21 heavy (non-hydrogen) atoms. The molecule has 1 heterocycles. The van der Waals surface area contributed by atoms with Gasteiger partial charge in [-0.1, -0.05) is 60.7 Å². The topological polar surface area (TPSA) is 30.2 Å². The minimum atomic E-state index is 0.0407. The number of hydrogen-bond acceptors (Lipinski definition) is 2. The summed E-state index contributed by atoms with van der Waals surface area (Å²) >= 11 is 0. The molecular formula is C19H16O2. The molecule has 0 amide bonds. The molecule has 0 aliphatic rings. The van der Waals surface area contributed by atoms with Gasteiger partial charge in [0.1, 0.15) is 11.5 Å². The fraction of sp³-hybridized carbons (Fsp3) is 0.105. The molecule has 0 fully saturated rings. The average molecular weight is 276 g/mol. The highest BCUT2D eigenvalue weighted by atomic mass is 16.3. The number of rotatable bonds is 2. The van der Waals surface area contributed by atoms with Crippen LogP contribution in [-0.2, 0) is 0 Å². The van der Waals surface area contributed by atoms with Gasteiger partial charge in [0.2, 0.25) is 0 Å². The van der Waals surface area contributed by atoms with Crippen molar-refractivity contribution in [3.8, 4) is 22.6 Å². The van der Waals surface area contributed by atoms with Gasteiger partial charge >= 0.3 is 0 Å². The molecule has 0 N–H and O–H groups in total. The van der Waals surface area contributed by atoms with Crippen LogP contribution in [-0.4, -0.2) is 0 Å². The summed E-state index contributed by atoms with van der Waals surface area (Å²) in [5.41, 5.74) is 3.18. The van der Waals surface area contributed by atoms with Gasteiger partial charge in [-0.05, 0) is 13.8 Å². The normalized spacial score (nSPS) is 10.6. The first kappa shape index (κ1) is 13.4. The van der Waals surface area contributed by atoms with Gasteiger partial charge in [0.05, 0.1) is 0 Å². The van der Waals surface area contributed by atoms with Crippen LogP contribution in [0.5, 0.6) is 0 Å². The molecule has 0 aliphatic heterocycles. The fourth-order valence-electron chi connectivity index (χ4n) is 2.47. The number of benzene rings is 2. The molecule has 3 aromatic rings. The molecule has 2 aromatic carbocycles. The zero-order valence-electron chi connectivity index (χ0n) is 12.1. The van der Waals surface area contributed by atoms with Crippen LogP contribution in [0.1, 0.15) is 11.1 Å². The van der Waals surface area contributed by atoms with Crippen LogP contribution in [0.25, 0.3) is 22.6 Å². The molecule has 2 nitrogen and oxygen atoms in total. The fourth-order valence-corrected chi connectivity index (χ4v) is 2.47. The highest BCUT2D eigenvalue weighted by Gasteiger charge is 2.15. The Bertz CT molecular complexity index is 749. The Morgan fingerprint density at radius 2 is 1.05 bits per heavy atom. The summed E-state index contributed by atoms with van der Waals surface area (Å²) in [5.74, 6) is 1.29. The van der Waals surface area contributed by atoms with E-state index in [0.717, 1.165) is 11.1 Å². The van der Waals surface area contributed by atoms with Crippen molar-refractivity contribution in [3.63, 3.8) is 0 Å². The molecule has 0 saturated carbocycles. The summed E-state index contributed by atoms with van der Waals surface area (Å²) in [6, 6.07) is 19.5. The Balaban J connectivity index is 2.29. The van der Waals surface area contributed by atoms with Crippen LogP contribution in [0.3, 0.4) is 0 Å². The van der Waals surface area contributed by atoms with Crippen LogP contribution in [0.15, 0.2) is 69.9 Å². The maximum absolute atomic E-state index is 12.5. The van der Waals surface area contributed by atoms with Gasteiger partial charge < -0.3 is 4.42 Å². The van der Waals surface area contributed by atoms with Crippen LogP contribution < -0.4 is 5.43 Å². The lowest BCUT2D eigenvalue weighted by atomic mass is 10.0. The summed E-state index contributed by atoms with van der Waals surface area (Å²) in [4.78, 5) is 12.5. The molecule has 0 bridgehead atoms. The van der Waals surface area contributed by atoms with E-state index in [2.05, 4.69) is 0 Å². The first-order valence-electron chi connectivity index (χ1n) is 6.93. The van der Waals surface area contributed by atoms with Gasteiger partial charge in [0.15, 0.2) is 5.43 Å². The SMILES string of the molecule is Cc1c(-c2ccccc2)oc(-c2ccccc2)c(C)c1=O. The Morgan fingerprint density at radius 3 is 1.43 bits per heavy atom. The lowest BCUT2D eigenvalue weighted by molar-refractivity contribution is 0.571. The minimum Gasteiger partial charge on any atom is -0.455 e. The second kappa shape index (κ2) is 5.41. The molecule has 0 saturated heterocycles. The zero-order chi connectivity index (χ0) is 14.8. The van der Waals surface area contributed by atoms with Crippen molar-refractivity contribution in [2.75, 3.05) is 0 Å².